The third-order valence-electron chi connectivity index (χ3n) is 2.63. The molecule has 96 valence electrons. The maximum Gasteiger partial charge on any atom is 0.335 e. The van der Waals surface area contributed by atoms with Crippen LogP contribution in [0.3, 0.4) is 0 Å². The molecule has 0 radical (unpaired) electrons. The van der Waals surface area contributed by atoms with Crippen molar-refractivity contribution in [2.24, 2.45) is 0 Å². The van der Waals surface area contributed by atoms with E-state index in [4.69, 9.17) is 9.84 Å². The summed E-state index contributed by atoms with van der Waals surface area (Å²) in [4.78, 5) is 22.4. The van der Waals surface area contributed by atoms with E-state index < -0.39 is 5.97 Å². The molecule has 1 aliphatic rings. The molecule has 1 heterocycles. The van der Waals surface area contributed by atoms with Gasteiger partial charge in [-0.2, -0.15) is 0 Å². The quantitative estimate of drug-likeness (QED) is 0.754. The smallest absolute Gasteiger partial charge is 0.335 e. The summed E-state index contributed by atoms with van der Waals surface area (Å²) in [5.74, 6) is -1.02. The molecule has 3 N–H and O–H groups in total. The van der Waals surface area contributed by atoms with Crippen LogP contribution in [0, 0.1) is 0 Å². The number of nitrogens with one attached hydrogen (secondary N) is 2. The fourth-order valence-electron chi connectivity index (χ4n) is 1.73. The highest BCUT2D eigenvalue weighted by Crippen LogP contribution is 2.11. The number of aromatic carboxylic acids is 1. The van der Waals surface area contributed by atoms with E-state index in [1.807, 2.05) is 0 Å². The van der Waals surface area contributed by atoms with Crippen LogP contribution in [0.4, 0.5) is 10.5 Å². The van der Waals surface area contributed by atoms with Crippen LogP contribution in [0.5, 0.6) is 0 Å². The minimum absolute atomic E-state index is 0.0210. The number of rotatable bonds is 3. The van der Waals surface area contributed by atoms with E-state index in [0.29, 0.717) is 18.9 Å². The van der Waals surface area contributed by atoms with Gasteiger partial charge in [-0.25, -0.2) is 9.59 Å². The van der Waals surface area contributed by atoms with Gasteiger partial charge in [-0.1, -0.05) is 6.07 Å². The predicted octanol–water partition coefficient (Wildman–Crippen LogP) is 1.30. The van der Waals surface area contributed by atoms with Crippen molar-refractivity contribution in [3.05, 3.63) is 29.8 Å². The highest BCUT2D eigenvalue weighted by Gasteiger charge is 2.17. The van der Waals surface area contributed by atoms with Gasteiger partial charge < -0.3 is 20.5 Å². The molecule has 1 aliphatic heterocycles. The standard InChI is InChI=1S/C12H14N2O4/c15-11(16)8-2-1-3-9(6-8)13-12(17)14-10-4-5-18-7-10/h1-3,6,10H,4-5,7H2,(H,15,16)(H2,13,14,17). The summed E-state index contributed by atoms with van der Waals surface area (Å²) < 4.78 is 5.14. The Morgan fingerprint density at radius 3 is 2.89 bits per heavy atom. The fraction of sp³-hybridized carbons (Fsp3) is 0.333. The van der Waals surface area contributed by atoms with Crippen LogP contribution in [0.25, 0.3) is 0 Å². The van der Waals surface area contributed by atoms with Gasteiger partial charge in [-0.15, -0.1) is 0 Å². The highest BCUT2D eigenvalue weighted by atomic mass is 16.5. The van der Waals surface area contributed by atoms with E-state index in [1.54, 1.807) is 12.1 Å². The Balaban J connectivity index is 1.93. The SMILES string of the molecule is O=C(Nc1cccc(C(=O)O)c1)NC1CCOC1. The Labute approximate surface area is 104 Å². The number of carboxylic acid groups (broad SMARTS) is 1. The Bertz CT molecular complexity index is 455. The van der Waals surface area contributed by atoms with Crippen molar-refractivity contribution in [1.29, 1.82) is 0 Å². The van der Waals surface area contributed by atoms with Crippen molar-refractivity contribution in [3.8, 4) is 0 Å². The Morgan fingerprint density at radius 1 is 1.39 bits per heavy atom. The van der Waals surface area contributed by atoms with Crippen LogP contribution >= 0.6 is 0 Å². The second-order valence-electron chi connectivity index (χ2n) is 4.04. The number of carbonyl (C=O) groups is 2. The molecule has 1 saturated heterocycles. The lowest BCUT2D eigenvalue weighted by atomic mass is 10.2. The zero-order chi connectivity index (χ0) is 13.0. The predicted molar refractivity (Wildman–Crippen MR) is 64.8 cm³/mol. The van der Waals surface area contributed by atoms with Gasteiger partial charge in [0.15, 0.2) is 0 Å². The van der Waals surface area contributed by atoms with Crippen LogP contribution in [0.1, 0.15) is 16.8 Å². The summed E-state index contributed by atoms with van der Waals surface area (Å²) in [6.45, 7) is 1.17. The summed E-state index contributed by atoms with van der Waals surface area (Å²) in [7, 11) is 0. The molecule has 1 fully saturated rings. The van der Waals surface area contributed by atoms with Crippen molar-refractivity contribution in [2.45, 2.75) is 12.5 Å². The van der Waals surface area contributed by atoms with Gasteiger partial charge in [0.05, 0.1) is 18.2 Å². The van der Waals surface area contributed by atoms with Gasteiger partial charge in [0.25, 0.3) is 0 Å². The van der Waals surface area contributed by atoms with Gasteiger partial charge in [-0.3, -0.25) is 0 Å². The lowest BCUT2D eigenvalue weighted by Crippen LogP contribution is -2.38. The molecular weight excluding hydrogens is 236 g/mol. The number of amides is 2. The van der Waals surface area contributed by atoms with Crippen LogP contribution < -0.4 is 10.6 Å². The minimum Gasteiger partial charge on any atom is -0.478 e. The molecule has 2 rings (SSSR count). The Kier molecular flexibility index (Phi) is 3.78. The number of hydrogen-bond acceptors (Lipinski definition) is 3. The van der Waals surface area contributed by atoms with Crippen LogP contribution in [0.15, 0.2) is 24.3 Å². The van der Waals surface area contributed by atoms with E-state index in [2.05, 4.69) is 10.6 Å². The molecule has 1 aromatic carbocycles. The molecule has 1 atom stereocenters. The molecule has 0 aromatic heterocycles. The number of hydrogen-bond donors (Lipinski definition) is 3. The highest BCUT2D eigenvalue weighted by molar-refractivity contribution is 5.93. The number of carboxylic acids is 1. The fourth-order valence-corrected chi connectivity index (χ4v) is 1.73. The van der Waals surface area contributed by atoms with Crippen molar-refractivity contribution >= 4 is 17.7 Å². The van der Waals surface area contributed by atoms with Crippen molar-refractivity contribution in [1.82, 2.24) is 5.32 Å². The second kappa shape index (κ2) is 5.50. The normalized spacial score (nSPS) is 18.3. The summed E-state index contributed by atoms with van der Waals surface area (Å²) in [5, 5.41) is 14.2. The molecular formula is C12H14N2O4. The van der Waals surface area contributed by atoms with Gasteiger partial charge in [0, 0.05) is 12.3 Å². The zero-order valence-corrected chi connectivity index (χ0v) is 9.68. The molecule has 0 bridgehead atoms. The molecule has 1 unspecified atom stereocenters. The molecule has 18 heavy (non-hydrogen) atoms. The third kappa shape index (κ3) is 3.21. The Morgan fingerprint density at radius 2 is 2.22 bits per heavy atom. The average Bonchev–Trinajstić information content (AvgIpc) is 2.82. The average molecular weight is 250 g/mol. The number of benzene rings is 1. The van der Waals surface area contributed by atoms with E-state index in [9.17, 15) is 9.59 Å². The monoisotopic (exact) mass is 250 g/mol. The van der Waals surface area contributed by atoms with E-state index in [-0.39, 0.29) is 17.6 Å². The third-order valence-corrected chi connectivity index (χ3v) is 2.63. The van der Waals surface area contributed by atoms with Gasteiger partial charge >= 0.3 is 12.0 Å². The van der Waals surface area contributed by atoms with Crippen LogP contribution in [-0.4, -0.2) is 36.4 Å². The number of urea groups is 1. The van der Waals surface area contributed by atoms with Crippen LogP contribution in [0.2, 0.25) is 0 Å². The first kappa shape index (κ1) is 12.4. The molecule has 2 amide bonds. The molecule has 0 spiro atoms. The second-order valence-corrected chi connectivity index (χ2v) is 4.04. The van der Waals surface area contributed by atoms with Gasteiger partial charge in [0.2, 0.25) is 0 Å². The molecule has 6 nitrogen and oxygen atoms in total. The Hall–Kier alpha value is -2.08. The van der Waals surface area contributed by atoms with Crippen molar-refractivity contribution < 1.29 is 19.4 Å². The zero-order valence-electron chi connectivity index (χ0n) is 9.68. The number of anilines is 1. The molecule has 1 aromatic rings. The first-order valence-corrected chi connectivity index (χ1v) is 5.64. The maximum absolute atomic E-state index is 11.6. The molecule has 0 saturated carbocycles. The largest absolute Gasteiger partial charge is 0.478 e. The van der Waals surface area contributed by atoms with E-state index in [0.717, 1.165) is 6.42 Å². The summed E-state index contributed by atoms with van der Waals surface area (Å²) >= 11 is 0. The topological polar surface area (TPSA) is 87.7 Å². The van der Waals surface area contributed by atoms with E-state index >= 15 is 0 Å². The lowest BCUT2D eigenvalue weighted by molar-refractivity contribution is 0.0697. The van der Waals surface area contributed by atoms with Gasteiger partial charge in [-0.05, 0) is 24.6 Å². The minimum atomic E-state index is -1.02. The van der Waals surface area contributed by atoms with Gasteiger partial charge in [0.1, 0.15) is 0 Å². The summed E-state index contributed by atoms with van der Waals surface area (Å²) in [5.41, 5.74) is 0.586. The summed E-state index contributed by atoms with van der Waals surface area (Å²) in [6, 6.07) is 5.76. The molecule has 0 aliphatic carbocycles. The lowest BCUT2D eigenvalue weighted by Gasteiger charge is -2.12. The number of ether oxygens (including phenoxy) is 1. The number of carbonyl (C=O) groups excluding carboxylic acids is 1. The summed E-state index contributed by atoms with van der Waals surface area (Å²) in [6.07, 6.45) is 0.794. The van der Waals surface area contributed by atoms with Crippen molar-refractivity contribution in [2.75, 3.05) is 18.5 Å². The first-order chi connectivity index (χ1) is 8.65. The van der Waals surface area contributed by atoms with Crippen molar-refractivity contribution in [3.63, 3.8) is 0 Å². The maximum atomic E-state index is 11.6. The first-order valence-electron chi connectivity index (χ1n) is 5.64. The molecule has 6 heteroatoms. The van der Waals surface area contributed by atoms with Crippen LogP contribution in [-0.2, 0) is 4.74 Å². The van der Waals surface area contributed by atoms with E-state index in [1.165, 1.54) is 12.1 Å².